The van der Waals surface area contributed by atoms with E-state index in [1.165, 1.54) is 23.3 Å². The Balaban J connectivity index is 0.000000122. The van der Waals surface area contributed by atoms with Gasteiger partial charge < -0.3 is 14.7 Å². The molecule has 448 valence electrons. The number of carbonyl (C=O) groups is 3. The first-order valence-corrected chi connectivity index (χ1v) is 32.1. The number of halogens is 4. The molecule has 9 unspecified atom stereocenters. The Kier molecular flexibility index (Phi) is 17.2. The summed E-state index contributed by atoms with van der Waals surface area (Å²) in [5.41, 5.74) is 8.25. The van der Waals surface area contributed by atoms with Crippen molar-refractivity contribution in [1.29, 1.82) is 0 Å². The number of rotatable bonds is 12. The average Bonchev–Trinajstić information content (AvgIpc) is 1.95. The highest BCUT2D eigenvalue weighted by atomic mass is 79.9. The van der Waals surface area contributed by atoms with Crippen molar-refractivity contribution in [2.75, 3.05) is 0 Å². The molecule has 88 heavy (non-hydrogen) atoms. The van der Waals surface area contributed by atoms with Crippen molar-refractivity contribution in [1.82, 2.24) is 84.6 Å². The molecule has 0 spiro atoms. The average molecular weight is 1380 g/mol. The highest BCUT2D eigenvalue weighted by Crippen LogP contribution is 2.47. The van der Waals surface area contributed by atoms with Crippen LogP contribution in [-0.4, -0.2) is 139 Å². The lowest BCUT2D eigenvalue weighted by molar-refractivity contribution is 0.0710. The van der Waals surface area contributed by atoms with E-state index in [1.807, 2.05) is 67.5 Å². The quantitative estimate of drug-likeness (QED) is 0.111. The summed E-state index contributed by atoms with van der Waals surface area (Å²) >= 11 is 9.98. The van der Waals surface area contributed by atoms with E-state index >= 15 is 0 Å². The van der Waals surface area contributed by atoms with Crippen molar-refractivity contribution in [2.45, 2.75) is 127 Å². The zero-order chi connectivity index (χ0) is 60.6. The molecule has 0 aliphatic carbocycles. The van der Waals surface area contributed by atoms with Crippen molar-refractivity contribution >= 4 is 65.5 Å². The molecule has 0 saturated carbocycles. The Morgan fingerprint density at radius 3 is 1.26 bits per heavy atom. The summed E-state index contributed by atoms with van der Waals surface area (Å²) in [6.07, 6.45) is 31.9. The van der Waals surface area contributed by atoms with Gasteiger partial charge in [0.1, 0.15) is 25.2 Å². The Morgan fingerprint density at radius 1 is 0.443 bits per heavy atom. The minimum atomic E-state index is -0.514. The van der Waals surface area contributed by atoms with E-state index in [9.17, 15) is 18.8 Å². The summed E-state index contributed by atoms with van der Waals surface area (Å²) < 4.78 is 16.8. The summed E-state index contributed by atoms with van der Waals surface area (Å²) in [6.45, 7) is 4.00. The summed E-state index contributed by atoms with van der Waals surface area (Å²) in [5, 5.41) is 16.6. The smallest absolute Gasteiger partial charge is 0.256 e. The second-order valence-electron chi connectivity index (χ2n) is 23.4. The van der Waals surface area contributed by atoms with Crippen LogP contribution >= 0.6 is 47.8 Å². The molecule has 20 nitrogen and oxygen atoms in total. The Bertz CT molecular complexity index is 3800. The van der Waals surface area contributed by atoms with Crippen LogP contribution in [0.3, 0.4) is 0 Å². The predicted octanol–water partition coefficient (Wildman–Crippen LogP) is 10.8. The Labute approximate surface area is 532 Å². The van der Waals surface area contributed by atoms with E-state index in [0.717, 1.165) is 126 Å². The number of amides is 3. The van der Waals surface area contributed by atoms with Crippen LogP contribution in [0.5, 0.6) is 0 Å². The van der Waals surface area contributed by atoms with Gasteiger partial charge in [0.15, 0.2) is 11.6 Å². The third-order valence-electron chi connectivity index (χ3n) is 18.4. The van der Waals surface area contributed by atoms with Gasteiger partial charge in [-0.05, 0) is 198 Å². The fourth-order valence-electron chi connectivity index (χ4n) is 14.7. The van der Waals surface area contributed by atoms with Crippen LogP contribution in [0.25, 0.3) is 22.8 Å². The van der Waals surface area contributed by atoms with Gasteiger partial charge in [0.2, 0.25) is 0 Å². The van der Waals surface area contributed by atoms with Crippen LogP contribution in [-0.2, 0) is 19.3 Å². The van der Waals surface area contributed by atoms with Gasteiger partial charge in [0, 0.05) is 72.8 Å². The number of hydrogen-bond donors (Lipinski definition) is 0. The molecule has 6 aliphatic rings. The number of para-hydroxylation sites is 2. The fraction of sp³-hybridized carbons (Fsp3) is 0.359. The molecule has 3 aromatic carbocycles. The topological polar surface area (TPSA) is 225 Å². The molecule has 0 N–H and O–H groups in total. The van der Waals surface area contributed by atoms with E-state index in [1.54, 1.807) is 72.6 Å². The second kappa shape index (κ2) is 25.6. The highest BCUT2D eigenvalue weighted by Gasteiger charge is 2.51. The van der Waals surface area contributed by atoms with Crippen LogP contribution in [0.1, 0.15) is 117 Å². The predicted molar refractivity (Wildman–Crippen MR) is 333 cm³/mol. The van der Waals surface area contributed by atoms with E-state index in [-0.39, 0.29) is 47.6 Å². The molecular weight excluding hydrogens is 1310 g/mol. The SMILES string of the molecule is Cc1cccc(C(=O)N2C3CCC2C(Cc2cnc(Br)cn2)C3)c1-c1ncccn1.Cc1cccc(C(=O)N2C3CCC2C(Cc2cnc(Br)cn2)C3)c1-n1nccn1.O=C(c1cccc(F)c1-n1nccn1)N1C2CCC1C(Cc1cnc(Br)cn1)C2. The third kappa shape index (κ3) is 11.9. The molecule has 15 rings (SSSR count). The lowest BCUT2D eigenvalue weighted by Crippen LogP contribution is -2.37. The molecule has 24 heteroatoms. The van der Waals surface area contributed by atoms with Crippen LogP contribution in [0.2, 0.25) is 0 Å². The largest absolute Gasteiger partial charge is 0.332 e. The van der Waals surface area contributed by atoms with Gasteiger partial charge in [0.25, 0.3) is 17.7 Å². The van der Waals surface area contributed by atoms with Crippen LogP contribution in [0, 0.1) is 37.4 Å². The molecule has 9 aromatic rings. The molecule has 0 radical (unpaired) electrons. The summed E-state index contributed by atoms with van der Waals surface area (Å²) in [7, 11) is 0. The first-order valence-electron chi connectivity index (χ1n) is 29.7. The molecule has 6 bridgehead atoms. The zero-order valence-electron chi connectivity index (χ0n) is 48.2. The molecule has 12 heterocycles. The van der Waals surface area contributed by atoms with E-state index in [0.29, 0.717) is 57.0 Å². The molecule has 6 aromatic heterocycles. The van der Waals surface area contributed by atoms with Crippen LogP contribution in [0.15, 0.2) is 149 Å². The molecule has 6 saturated heterocycles. The number of aromatic nitrogens is 14. The summed E-state index contributed by atoms with van der Waals surface area (Å²) in [5.74, 6) is 1.28. The van der Waals surface area contributed by atoms with Crippen molar-refractivity contribution in [2.24, 2.45) is 17.8 Å². The summed E-state index contributed by atoms with van der Waals surface area (Å²) in [4.78, 5) is 84.8. The molecule has 3 amide bonds. The van der Waals surface area contributed by atoms with Gasteiger partial charge >= 0.3 is 0 Å². The normalized spacial score (nSPS) is 22.8. The zero-order valence-corrected chi connectivity index (χ0v) is 53.0. The van der Waals surface area contributed by atoms with Gasteiger partial charge in [-0.25, -0.2) is 29.3 Å². The van der Waals surface area contributed by atoms with Gasteiger partial charge in [-0.3, -0.25) is 29.3 Å². The van der Waals surface area contributed by atoms with E-state index in [2.05, 4.69) is 118 Å². The lowest BCUT2D eigenvalue weighted by Gasteiger charge is -2.25. The standard InChI is InChI=1S/C23H22BrN5O.C21H21BrN6O.C20H18BrFN6O/c1-14-4-2-5-18(21(14)22-25-8-3-9-26-22)23(30)29-17-6-7-19(29)15(11-17)10-16-12-28-20(24)13-27-16;1-13-3-2-4-17(20(13)28-25-7-8-26-28)21(29)27-16-5-6-18(27)14(10-16)9-15-11-24-19(22)12-23-15;21-18-11-23-13(10-24-18)8-12-9-14-4-5-17(12)27(14)20(29)15-2-1-3-16(22)19(15)28-25-6-7-26-28/h2-5,8-9,12-13,15,17,19H,6-7,10-11H2,1H3;2-4,7-8,11-12,14,16,18H,5-6,9-10H2,1H3;1-3,6-7,10-12,14,17H,4-5,8-9H2. The number of nitrogens with zero attached hydrogens (tertiary/aromatic N) is 17. The van der Waals surface area contributed by atoms with Crippen molar-refractivity contribution in [3.63, 3.8) is 0 Å². The first-order chi connectivity index (χ1) is 42.8. The number of hydrogen-bond acceptors (Lipinski definition) is 15. The number of benzene rings is 3. The third-order valence-corrected chi connectivity index (χ3v) is 19.6. The Morgan fingerprint density at radius 2 is 0.830 bits per heavy atom. The molecule has 6 aliphatic heterocycles. The summed E-state index contributed by atoms with van der Waals surface area (Å²) in [6, 6.07) is 19.4. The molecule has 9 atom stereocenters. The van der Waals surface area contributed by atoms with E-state index < -0.39 is 5.82 Å². The maximum Gasteiger partial charge on any atom is 0.256 e. The van der Waals surface area contributed by atoms with Crippen molar-refractivity contribution < 1.29 is 18.8 Å². The maximum absolute atomic E-state index is 14.6. The fourth-order valence-corrected chi connectivity index (χ4v) is 15.3. The van der Waals surface area contributed by atoms with Crippen LogP contribution in [0.4, 0.5) is 4.39 Å². The number of fused-ring (bicyclic) bond motifs is 6. The second-order valence-corrected chi connectivity index (χ2v) is 25.9. The van der Waals surface area contributed by atoms with Gasteiger partial charge in [-0.2, -0.15) is 25.2 Å². The van der Waals surface area contributed by atoms with Gasteiger partial charge in [-0.1, -0.05) is 30.3 Å². The highest BCUT2D eigenvalue weighted by molar-refractivity contribution is 9.11. The lowest BCUT2D eigenvalue weighted by atomic mass is 9.86. The van der Waals surface area contributed by atoms with Crippen LogP contribution < -0.4 is 0 Å². The number of carbonyl (C=O) groups excluding carboxylic acids is 3. The van der Waals surface area contributed by atoms with Crippen molar-refractivity contribution in [3.05, 3.63) is 200 Å². The minimum Gasteiger partial charge on any atom is -0.332 e. The van der Waals surface area contributed by atoms with Gasteiger partial charge in [-0.15, -0.1) is 4.80 Å². The minimum absolute atomic E-state index is 0.0814. The maximum atomic E-state index is 14.6. The first kappa shape index (κ1) is 59.0. The Hall–Kier alpha value is -7.96. The monoisotopic (exact) mass is 1370 g/mol. The molecular formula is C64H61Br3FN17O3. The van der Waals surface area contributed by atoms with Crippen molar-refractivity contribution in [3.8, 4) is 22.8 Å². The van der Waals surface area contributed by atoms with E-state index in [4.69, 9.17) is 0 Å². The van der Waals surface area contributed by atoms with Gasteiger partial charge in [0.05, 0.1) is 77.2 Å². The molecule has 6 fully saturated rings. The number of aryl methyl sites for hydroxylation is 2.